The zero-order valence-electron chi connectivity index (χ0n) is 23.5. The maximum absolute atomic E-state index is 14.2. The van der Waals surface area contributed by atoms with Gasteiger partial charge in [-0.25, -0.2) is 0 Å². The molecule has 1 unspecified atom stereocenters. The van der Waals surface area contributed by atoms with Crippen LogP contribution in [0.4, 0.5) is 0 Å². The minimum absolute atomic E-state index is 0.0255. The van der Waals surface area contributed by atoms with Gasteiger partial charge in [0.05, 0.1) is 11.7 Å². The molecule has 3 saturated carbocycles. The summed E-state index contributed by atoms with van der Waals surface area (Å²) in [6, 6.07) is 0. The van der Waals surface area contributed by atoms with Crippen molar-refractivity contribution in [2.24, 2.45) is 39.4 Å². The molecule has 206 valence electrons. The van der Waals surface area contributed by atoms with Crippen LogP contribution in [0.2, 0.25) is 0 Å². The van der Waals surface area contributed by atoms with E-state index in [4.69, 9.17) is 0 Å². The molecular formula is C30H44O7. The standard InChI is InChI=1S/C30H44O7/c1-25(2,36)12-11-21(33)30(8,37)23-19(32)14-27(5)20-10-9-16-17(13-18(31)24(35)26(16,3)4)29(20,7)22(34)15-28(23,27)6/h9,11-12,17,19-20,23-24,32,35-37H,10,13-15H2,1-8H3/b12-11+/t17-,19-,20+,23+,24+,27+,28-,29+,30?/m1/s1. The Morgan fingerprint density at radius 3 is 2.19 bits per heavy atom. The fourth-order valence-electron chi connectivity index (χ4n) is 8.95. The van der Waals surface area contributed by atoms with Crippen LogP contribution >= 0.6 is 0 Å². The van der Waals surface area contributed by atoms with Crippen molar-refractivity contribution in [3.63, 3.8) is 0 Å². The minimum Gasteiger partial charge on any atom is -0.393 e. The van der Waals surface area contributed by atoms with Gasteiger partial charge in [-0.1, -0.05) is 52.3 Å². The molecule has 0 bridgehead atoms. The maximum Gasteiger partial charge on any atom is 0.187 e. The second-order valence-corrected chi connectivity index (χ2v) is 14.3. The van der Waals surface area contributed by atoms with Crippen molar-refractivity contribution in [1.82, 2.24) is 0 Å². The van der Waals surface area contributed by atoms with Crippen molar-refractivity contribution < 1.29 is 34.8 Å². The Balaban J connectivity index is 1.80. The first-order valence-corrected chi connectivity index (χ1v) is 13.5. The zero-order valence-corrected chi connectivity index (χ0v) is 23.5. The normalized spacial score (nSPS) is 45.1. The molecule has 0 radical (unpaired) electrons. The second kappa shape index (κ2) is 8.17. The number of fused-ring (bicyclic) bond motifs is 5. The number of aliphatic hydroxyl groups is 4. The predicted octanol–water partition coefficient (Wildman–Crippen LogP) is 2.93. The Kier molecular flexibility index (Phi) is 6.26. The lowest BCUT2D eigenvalue weighted by atomic mass is 9.38. The van der Waals surface area contributed by atoms with Gasteiger partial charge in [-0.2, -0.15) is 0 Å². The average molecular weight is 517 g/mol. The van der Waals surface area contributed by atoms with Gasteiger partial charge in [0.1, 0.15) is 17.5 Å². The number of allylic oxidation sites excluding steroid dienone is 1. The fourth-order valence-corrected chi connectivity index (χ4v) is 8.95. The first kappa shape index (κ1) is 28.3. The number of hydrogen-bond donors (Lipinski definition) is 4. The van der Waals surface area contributed by atoms with Gasteiger partial charge in [-0.05, 0) is 62.4 Å². The molecule has 7 nitrogen and oxygen atoms in total. The molecule has 0 saturated heterocycles. The maximum atomic E-state index is 14.2. The molecule has 0 aromatic rings. The highest BCUT2D eigenvalue weighted by Crippen LogP contribution is 2.74. The molecule has 0 heterocycles. The van der Waals surface area contributed by atoms with Crippen LogP contribution in [0, 0.1) is 39.4 Å². The summed E-state index contributed by atoms with van der Waals surface area (Å²) in [6.45, 7) is 14.1. The Labute approximate surface area is 220 Å². The van der Waals surface area contributed by atoms with Crippen molar-refractivity contribution in [2.75, 3.05) is 0 Å². The quantitative estimate of drug-likeness (QED) is 0.334. The molecule has 37 heavy (non-hydrogen) atoms. The molecule has 0 aromatic carbocycles. The van der Waals surface area contributed by atoms with Gasteiger partial charge in [0, 0.05) is 29.6 Å². The molecule has 3 fully saturated rings. The summed E-state index contributed by atoms with van der Waals surface area (Å²) in [6.07, 6.45) is 3.49. The lowest BCUT2D eigenvalue weighted by Gasteiger charge is -2.64. The Morgan fingerprint density at radius 2 is 1.62 bits per heavy atom. The van der Waals surface area contributed by atoms with Crippen LogP contribution in [0.15, 0.2) is 23.8 Å². The van der Waals surface area contributed by atoms with Gasteiger partial charge in [-0.15, -0.1) is 0 Å². The number of Topliss-reactive ketones (excluding diaryl/α,β-unsaturated/α-hetero) is 2. The Morgan fingerprint density at radius 1 is 1.03 bits per heavy atom. The molecule has 4 aliphatic carbocycles. The van der Waals surface area contributed by atoms with Crippen LogP contribution in [0.1, 0.15) is 81.1 Å². The molecule has 4 aliphatic rings. The number of rotatable bonds is 4. The number of ketones is 3. The molecule has 0 aliphatic heterocycles. The van der Waals surface area contributed by atoms with Crippen LogP contribution in [-0.2, 0) is 14.4 Å². The van der Waals surface area contributed by atoms with E-state index < -0.39 is 56.8 Å². The Bertz CT molecular complexity index is 1090. The number of aliphatic hydroxyl groups excluding tert-OH is 2. The molecule has 0 amide bonds. The van der Waals surface area contributed by atoms with Crippen molar-refractivity contribution >= 4 is 17.3 Å². The molecule has 9 atom stereocenters. The third-order valence-electron chi connectivity index (χ3n) is 11.2. The van der Waals surface area contributed by atoms with Crippen LogP contribution < -0.4 is 0 Å². The summed E-state index contributed by atoms with van der Waals surface area (Å²) >= 11 is 0. The molecule has 7 heteroatoms. The lowest BCUT2D eigenvalue weighted by molar-refractivity contribution is -0.183. The largest absolute Gasteiger partial charge is 0.393 e. The minimum atomic E-state index is -1.95. The fraction of sp³-hybridized carbons (Fsp3) is 0.767. The number of hydrogen-bond acceptors (Lipinski definition) is 7. The second-order valence-electron chi connectivity index (χ2n) is 14.3. The van der Waals surface area contributed by atoms with E-state index in [1.54, 1.807) is 0 Å². The van der Waals surface area contributed by atoms with Crippen LogP contribution in [0.25, 0.3) is 0 Å². The van der Waals surface area contributed by atoms with Crippen molar-refractivity contribution in [3.8, 4) is 0 Å². The topological polar surface area (TPSA) is 132 Å². The smallest absolute Gasteiger partial charge is 0.187 e. The van der Waals surface area contributed by atoms with Crippen LogP contribution in [-0.4, -0.2) is 61.2 Å². The summed E-state index contributed by atoms with van der Waals surface area (Å²) in [5.74, 6) is -2.34. The predicted molar refractivity (Wildman–Crippen MR) is 138 cm³/mol. The van der Waals surface area contributed by atoms with E-state index in [1.807, 2.05) is 27.7 Å². The summed E-state index contributed by atoms with van der Waals surface area (Å²) in [5, 5.41) is 43.7. The van der Waals surface area contributed by atoms with E-state index in [0.717, 1.165) is 11.6 Å². The van der Waals surface area contributed by atoms with Crippen molar-refractivity contribution in [1.29, 1.82) is 0 Å². The summed E-state index contributed by atoms with van der Waals surface area (Å²) in [7, 11) is 0. The van der Waals surface area contributed by atoms with Gasteiger partial charge >= 0.3 is 0 Å². The first-order chi connectivity index (χ1) is 16.7. The van der Waals surface area contributed by atoms with Crippen molar-refractivity contribution in [3.05, 3.63) is 23.8 Å². The average Bonchev–Trinajstić information content (AvgIpc) is 2.96. The highest BCUT2D eigenvalue weighted by molar-refractivity contribution is 5.97. The van der Waals surface area contributed by atoms with E-state index in [-0.39, 0.29) is 36.2 Å². The van der Waals surface area contributed by atoms with Gasteiger partial charge in [0.15, 0.2) is 11.6 Å². The van der Waals surface area contributed by atoms with Gasteiger partial charge in [-0.3, -0.25) is 14.4 Å². The van der Waals surface area contributed by atoms with Crippen LogP contribution in [0.5, 0.6) is 0 Å². The molecular weight excluding hydrogens is 472 g/mol. The van der Waals surface area contributed by atoms with E-state index in [9.17, 15) is 34.8 Å². The third kappa shape index (κ3) is 3.71. The molecule has 4 rings (SSSR count). The van der Waals surface area contributed by atoms with E-state index in [0.29, 0.717) is 12.8 Å². The monoisotopic (exact) mass is 516 g/mol. The zero-order chi connectivity index (χ0) is 28.1. The van der Waals surface area contributed by atoms with E-state index in [1.165, 1.54) is 26.8 Å². The van der Waals surface area contributed by atoms with Gasteiger partial charge in [0.2, 0.25) is 0 Å². The molecule has 4 N–H and O–H groups in total. The molecule has 0 aromatic heterocycles. The SMILES string of the molecule is CC(C)(O)/C=C/C(=O)C(C)(O)[C@H]1[C@H](O)C[C@@]2(C)[C@@H]3CC=C4[C@@H](CC(=O)[C@H](O)C4(C)C)[C@]3(C)C(=O)C[C@]12C. The third-order valence-corrected chi connectivity index (χ3v) is 11.2. The van der Waals surface area contributed by atoms with Crippen molar-refractivity contribution in [2.45, 2.75) is 104 Å². The van der Waals surface area contributed by atoms with E-state index in [2.05, 4.69) is 13.0 Å². The van der Waals surface area contributed by atoms with Crippen LogP contribution in [0.3, 0.4) is 0 Å². The van der Waals surface area contributed by atoms with Gasteiger partial charge < -0.3 is 20.4 Å². The van der Waals surface area contributed by atoms with E-state index >= 15 is 0 Å². The highest BCUT2D eigenvalue weighted by Gasteiger charge is 2.74. The number of carbonyl (C=O) groups excluding carboxylic acids is 3. The summed E-state index contributed by atoms with van der Waals surface area (Å²) in [4.78, 5) is 40.3. The Hall–Kier alpha value is -1.67. The summed E-state index contributed by atoms with van der Waals surface area (Å²) < 4.78 is 0. The highest BCUT2D eigenvalue weighted by atomic mass is 16.3. The van der Waals surface area contributed by atoms with Gasteiger partial charge in [0.25, 0.3) is 0 Å². The lowest BCUT2D eigenvalue weighted by Crippen LogP contribution is -2.65. The molecule has 0 spiro atoms. The number of carbonyl (C=O) groups is 3. The first-order valence-electron chi connectivity index (χ1n) is 13.5. The summed E-state index contributed by atoms with van der Waals surface area (Å²) in [5.41, 5.74) is -5.36.